The lowest BCUT2D eigenvalue weighted by Gasteiger charge is -2.37. The monoisotopic (exact) mass is 239 g/mol. The van der Waals surface area contributed by atoms with E-state index >= 15 is 0 Å². The van der Waals surface area contributed by atoms with E-state index in [9.17, 15) is 0 Å². The first-order valence-electron chi connectivity index (χ1n) is 7.90. The van der Waals surface area contributed by atoms with E-state index in [1.54, 1.807) is 0 Å². The summed E-state index contributed by atoms with van der Waals surface area (Å²) in [6, 6.07) is 0.772. The standard InChI is InChI=1S/C16H33N/c1-5-7-10-14(6-2)16(17-4)15-11-8-9-13(3)12-15/h13-17H,5-12H2,1-4H3. The van der Waals surface area contributed by atoms with Crippen LogP contribution in [0, 0.1) is 17.8 Å². The fourth-order valence-electron chi connectivity index (χ4n) is 3.77. The van der Waals surface area contributed by atoms with Crippen LogP contribution >= 0.6 is 0 Å². The van der Waals surface area contributed by atoms with E-state index in [2.05, 4.69) is 33.1 Å². The molecule has 0 aromatic rings. The predicted octanol–water partition coefficient (Wildman–Crippen LogP) is 4.62. The molecule has 1 saturated carbocycles. The van der Waals surface area contributed by atoms with Crippen LogP contribution in [0.25, 0.3) is 0 Å². The predicted molar refractivity (Wildman–Crippen MR) is 77.3 cm³/mol. The maximum atomic E-state index is 3.65. The summed E-state index contributed by atoms with van der Waals surface area (Å²) in [6.45, 7) is 7.12. The fraction of sp³-hybridized carbons (Fsp3) is 1.00. The van der Waals surface area contributed by atoms with Crippen molar-refractivity contribution in [2.45, 2.75) is 78.2 Å². The highest BCUT2D eigenvalue weighted by molar-refractivity contribution is 4.85. The zero-order valence-corrected chi connectivity index (χ0v) is 12.5. The van der Waals surface area contributed by atoms with E-state index in [0.29, 0.717) is 0 Å². The lowest BCUT2D eigenvalue weighted by atomic mass is 9.73. The van der Waals surface area contributed by atoms with Gasteiger partial charge in [0.15, 0.2) is 0 Å². The van der Waals surface area contributed by atoms with Gasteiger partial charge in [0.25, 0.3) is 0 Å². The van der Waals surface area contributed by atoms with Crippen molar-refractivity contribution in [3.63, 3.8) is 0 Å². The summed E-state index contributed by atoms with van der Waals surface area (Å²) >= 11 is 0. The highest BCUT2D eigenvalue weighted by Gasteiger charge is 2.30. The molecule has 1 aliphatic rings. The van der Waals surface area contributed by atoms with Gasteiger partial charge in [0.05, 0.1) is 0 Å². The van der Waals surface area contributed by atoms with Crippen LogP contribution in [0.2, 0.25) is 0 Å². The van der Waals surface area contributed by atoms with Crippen molar-refractivity contribution >= 4 is 0 Å². The first-order valence-corrected chi connectivity index (χ1v) is 7.90. The van der Waals surface area contributed by atoms with Crippen LogP contribution in [0.1, 0.15) is 72.1 Å². The molecule has 4 unspecified atom stereocenters. The summed E-state index contributed by atoms with van der Waals surface area (Å²) in [5.74, 6) is 2.79. The van der Waals surface area contributed by atoms with Gasteiger partial charge in [-0.25, -0.2) is 0 Å². The summed E-state index contributed by atoms with van der Waals surface area (Å²) in [4.78, 5) is 0. The molecular formula is C16H33N. The van der Waals surface area contributed by atoms with Crippen molar-refractivity contribution in [1.29, 1.82) is 0 Å². The molecule has 1 fully saturated rings. The van der Waals surface area contributed by atoms with Gasteiger partial charge in [-0.1, -0.05) is 52.9 Å². The second kappa shape index (κ2) is 8.13. The van der Waals surface area contributed by atoms with Crippen molar-refractivity contribution in [3.05, 3.63) is 0 Å². The Balaban J connectivity index is 2.53. The number of unbranched alkanes of at least 4 members (excludes halogenated alkanes) is 1. The Kier molecular flexibility index (Phi) is 7.18. The van der Waals surface area contributed by atoms with Gasteiger partial charge in [0, 0.05) is 6.04 Å². The summed E-state index contributed by atoms with van der Waals surface area (Å²) in [5.41, 5.74) is 0. The van der Waals surface area contributed by atoms with Crippen LogP contribution in [0.4, 0.5) is 0 Å². The summed E-state index contributed by atoms with van der Waals surface area (Å²) < 4.78 is 0. The molecule has 1 rings (SSSR count). The molecule has 1 heteroatoms. The molecule has 4 atom stereocenters. The SMILES string of the molecule is CCCCC(CC)C(NC)C1CCCC(C)C1. The molecule has 0 aromatic carbocycles. The van der Waals surface area contributed by atoms with Gasteiger partial charge in [-0.15, -0.1) is 0 Å². The zero-order valence-electron chi connectivity index (χ0n) is 12.5. The normalized spacial score (nSPS) is 28.9. The Hall–Kier alpha value is -0.0400. The van der Waals surface area contributed by atoms with E-state index < -0.39 is 0 Å². The smallest absolute Gasteiger partial charge is 0.0121 e. The topological polar surface area (TPSA) is 12.0 Å². The molecule has 0 spiro atoms. The molecule has 0 bridgehead atoms. The Labute approximate surface area is 109 Å². The van der Waals surface area contributed by atoms with Crippen molar-refractivity contribution in [1.82, 2.24) is 5.32 Å². The number of nitrogens with one attached hydrogen (secondary N) is 1. The Bertz CT molecular complexity index is 190. The highest BCUT2D eigenvalue weighted by Crippen LogP contribution is 2.35. The maximum Gasteiger partial charge on any atom is 0.0121 e. The van der Waals surface area contributed by atoms with E-state index in [4.69, 9.17) is 0 Å². The van der Waals surface area contributed by atoms with Gasteiger partial charge in [-0.2, -0.15) is 0 Å². The molecule has 0 aliphatic heterocycles. The molecule has 0 saturated heterocycles. The van der Waals surface area contributed by atoms with Crippen LogP contribution in [0.3, 0.4) is 0 Å². The quantitative estimate of drug-likeness (QED) is 0.683. The second-order valence-electron chi connectivity index (χ2n) is 6.16. The molecule has 0 aromatic heterocycles. The summed E-state index contributed by atoms with van der Waals surface area (Å²) in [7, 11) is 2.18. The van der Waals surface area contributed by atoms with Gasteiger partial charge in [0.1, 0.15) is 0 Å². The second-order valence-corrected chi connectivity index (χ2v) is 6.16. The molecule has 0 radical (unpaired) electrons. The summed E-state index contributed by atoms with van der Waals surface area (Å²) in [6.07, 6.45) is 11.3. The lowest BCUT2D eigenvalue weighted by Crippen LogP contribution is -2.42. The highest BCUT2D eigenvalue weighted by atomic mass is 14.9. The molecule has 1 aliphatic carbocycles. The molecule has 1 N–H and O–H groups in total. The third-order valence-electron chi connectivity index (χ3n) is 4.78. The van der Waals surface area contributed by atoms with Gasteiger partial charge in [-0.05, 0) is 44.1 Å². The average Bonchev–Trinajstić information content (AvgIpc) is 2.34. The number of hydrogen-bond donors (Lipinski definition) is 1. The third-order valence-corrected chi connectivity index (χ3v) is 4.78. The molecule has 0 heterocycles. The summed E-state index contributed by atoms with van der Waals surface area (Å²) in [5, 5.41) is 3.65. The minimum absolute atomic E-state index is 0.772. The molecular weight excluding hydrogens is 206 g/mol. The van der Waals surface area contributed by atoms with E-state index in [1.165, 1.54) is 51.4 Å². The molecule has 0 amide bonds. The van der Waals surface area contributed by atoms with Crippen LogP contribution in [-0.2, 0) is 0 Å². The molecule has 1 nitrogen and oxygen atoms in total. The van der Waals surface area contributed by atoms with E-state index in [-0.39, 0.29) is 0 Å². The van der Waals surface area contributed by atoms with Crippen molar-refractivity contribution in [3.8, 4) is 0 Å². The number of rotatable bonds is 7. The van der Waals surface area contributed by atoms with Crippen LogP contribution in [-0.4, -0.2) is 13.1 Å². The fourth-order valence-corrected chi connectivity index (χ4v) is 3.77. The average molecular weight is 239 g/mol. The van der Waals surface area contributed by atoms with Gasteiger partial charge in [0.2, 0.25) is 0 Å². The molecule has 17 heavy (non-hydrogen) atoms. The first kappa shape index (κ1) is 15.0. The van der Waals surface area contributed by atoms with Crippen molar-refractivity contribution in [2.75, 3.05) is 7.05 Å². The Morgan fingerprint density at radius 3 is 2.53 bits per heavy atom. The van der Waals surface area contributed by atoms with Crippen molar-refractivity contribution < 1.29 is 0 Å². The maximum absolute atomic E-state index is 3.65. The molecule has 102 valence electrons. The van der Waals surface area contributed by atoms with Crippen LogP contribution in [0.15, 0.2) is 0 Å². The van der Waals surface area contributed by atoms with Crippen LogP contribution in [0.5, 0.6) is 0 Å². The Morgan fingerprint density at radius 1 is 1.24 bits per heavy atom. The van der Waals surface area contributed by atoms with Gasteiger partial charge >= 0.3 is 0 Å². The largest absolute Gasteiger partial charge is 0.316 e. The number of hydrogen-bond acceptors (Lipinski definition) is 1. The van der Waals surface area contributed by atoms with Gasteiger partial charge in [-0.3, -0.25) is 0 Å². The minimum atomic E-state index is 0.772. The van der Waals surface area contributed by atoms with Gasteiger partial charge < -0.3 is 5.32 Å². The first-order chi connectivity index (χ1) is 8.22. The minimum Gasteiger partial charge on any atom is -0.316 e. The zero-order chi connectivity index (χ0) is 12.7. The van der Waals surface area contributed by atoms with Crippen LogP contribution < -0.4 is 5.32 Å². The van der Waals surface area contributed by atoms with E-state index in [0.717, 1.165) is 23.8 Å². The third kappa shape index (κ3) is 4.62. The Morgan fingerprint density at radius 2 is 2.00 bits per heavy atom. The van der Waals surface area contributed by atoms with Crippen molar-refractivity contribution in [2.24, 2.45) is 17.8 Å². The lowest BCUT2D eigenvalue weighted by molar-refractivity contribution is 0.173. The van der Waals surface area contributed by atoms with E-state index in [1.807, 2.05) is 0 Å².